The third kappa shape index (κ3) is 2.85. The lowest BCUT2D eigenvalue weighted by atomic mass is 10.0. The molecule has 4 heteroatoms. The molecule has 0 saturated carbocycles. The van der Waals surface area contributed by atoms with Crippen LogP contribution >= 0.6 is 0 Å². The molecule has 1 aromatic heterocycles. The number of hydrogen-bond donors (Lipinski definition) is 1. The minimum atomic E-state index is -0.00741. The number of nitrogen functional groups attached to an aromatic ring is 1. The summed E-state index contributed by atoms with van der Waals surface area (Å²) in [6.45, 7) is 0. The standard InChI is InChI=1S/C14H14N2O2/c1-18-13-7-11(8-16-9-13)14(17)6-10-3-2-4-12(15)5-10/h2-5,7-9H,6,15H2,1H3. The molecule has 0 atom stereocenters. The average molecular weight is 242 g/mol. The monoisotopic (exact) mass is 242 g/mol. The van der Waals surface area contributed by atoms with Crippen molar-refractivity contribution in [3.63, 3.8) is 0 Å². The van der Waals surface area contributed by atoms with Crippen molar-refractivity contribution in [3.8, 4) is 5.75 Å². The van der Waals surface area contributed by atoms with Crippen LogP contribution in [0, 0.1) is 0 Å². The first kappa shape index (κ1) is 12.1. The summed E-state index contributed by atoms with van der Waals surface area (Å²) in [5.74, 6) is 0.570. The number of nitrogens with two attached hydrogens (primary N) is 1. The van der Waals surface area contributed by atoms with Crippen LogP contribution in [0.4, 0.5) is 5.69 Å². The molecule has 0 spiro atoms. The SMILES string of the molecule is COc1cncc(C(=O)Cc2cccc(N)c2)c1. The van der Waals surface area contributed by atoms with Crippen molar-refractivity contribution in [2.24, 2.45) is 0 Å². The van der Waals surface area contributed by atoms with Crippen molar-refractivity contribution < 1.29 is 9.53 Å². The van der Waals surface area contributed by atoms with Crippen LogP contribution in [0.25, 0.3) is 0 Å². The molecule has 0 fully saturated rings. The third-order valence-corrected chi connectivity index (χ3v) is 2.59. The smallest absolute Gasteiger partial charge is 0.168 e. The molecular weight excluding hydrogens is 228 g/mol. The van der Waals surface area contributed by atoms with E-state index in [1.165, 1.54) is 6.20 Å². The van der Waals surface area contributed by atoms with Gasteiger partial charge < -0.3 is 10.5 Å². The maximum Gasteiger partial charge on any atom is 0.168 e. The van der Waals surface area contributed by atoms with Crippen molar-refractivity contribution in [1.82, 2.24) is 4.98 Å². The number of benzene rings is 1. The number of nitrogens with zero attached hydrogens (tertiary/aromatic N) is 1. The highest BCUT2D eigenvalue weighted by Crippen LogP contribution is 2.14. The molecule has 0 saturated heterocycles. The fourth-order valence-corrected chi connectivity index (χ4v) is 1.67. The number of anilines is 1. The first-order chi connectivity index (χ1) is 8.69. The zero-order valence-electron chi connectivity index (χ0n) is 10.1. The molecule has 1 heterocycles. The maximum atomic E-state index is 12.1. The minimum Gasteiger partial charge on any atom is -0.495 e. The predicted molar refractivity (Wildman–Crippen MR) is 69.7 cm³/mol. The van der Waals surface area contributed by atoms with Gasteiger partial charge in [0, 0.05) is 23.9 Å². The second-order valence-electron chi connectivity index (χ2n) is 3.96. The highest BCUT2D eigenvalue weighted by Gasteiger charge is 2.08. The summed E-state index contributed by atoms with van der Waals surface area (Å²) in [4.78, 5) is 16.0. The molecule has 0 aliphatic heterocycles. The number of hydrogen-bond acceptors (Lipinski definition) is 4. The van der Waals surface area contributed by atoms with E-state index in [2.05, 4.69) is 4.98 Å². The van der Waals surface area contributed by atoms with Crippen LogP contribution in [-0.4, -0.2) is 17.9 Å². The molecule has 18 heavy (non-hydrogen) atoms. The molecule has 2 rings (SSSR count). The molecule has 2 N–H and O–H groups in total. The van der Waals surface area contributed by atoms with E-state index >= 15 is 0 Å². The molecular formula is C14H14N2O2. The second-order valence-corrected chi connectivity index (χ2v) is 3.96. The van der Waals surface area contributed by atoms with Gasteiger partial charge in [-0.3, -0.25) is 9.78 Å². The summed E-state index contributed by atoms with van der Waals surface area (Å²) in [6.07, 6.45) is 3.41. The van der Waals surface area contributed by atoms with E-state index in [-0.39, 0.29) is 5.78 Å². The summed E-state index contributed by atoms with van der Waals surface area (Å²) in [6, 6.07) is 8.98. The van der Waals surface area contributed by atoms with Crippen molar-refractivity contribution in [3.05, 3.63) is 53.9 Å². The number of ketones is 1. The Morgan fingerprint density at radius 1 is 1.33 bits per heavy atom. The van der Waals surface area contributed by atoms with Crippen LogP contribution in [0.2, 0.25) is 0 Å². The summed E-state index contributed by atoms with van der Waals surface area (Å²) in [7, 11) is 1.54. The van der Waals surface area contributed by atoms with Gasteiger partial charge in [-0.15, -0.1) is 0 Å². The molecule has 4 nitrogen and oxygen atoms in total. The van der Waals surface area contributed by atoms with Crippen molar-refractivity contribution >= 4 is 11.5 Å². The first-order valence-corrected chi connectivity index (χ1v) is 5.55. The minimum absolute atomic E-state index is 0.00741. The lowest BCUT2D eigenvalue weighted by molar-refractivity contribution is 0.0992. The number of Topliss-reactive ketones (excluding diaryl/α,β-unsaturated/α-hetero) is 1. The highest BCUT2D eigenvalue weighted by molar-refractivity contribution is 5.97. The van der Waals surface area contributed by atoms with Crippen LogP contribution < -0.4 is 10.5 Å². The molecule has 92 valence electrons. The Morgan fingerprint density at radius 3 is 2.89 bits per heavy atom. The van der Waals surface area contributed by atoms with Gasteiger partial charge in [0.05, 0.1) is 13.3 Å². The number of rotatable bonds is 4. The van der Waals surface area contributed by atoms with Crippen LogP contribution in [0.15, 0.2) is 42.7 Å². The normalized spacial score (nSPS) is 10.1. The lowest BCUT2D eigenvalue weighted by Gasteiger charge is -2.04. The number of carbonyl (C=O) groups is 1. The van der Waals surface area contributed by atoms with Gasteiger partial charge in [-0.1, -0.05) is 12.1 Å². The molecule has 0 amide bonds. The van der Waals surface area contributed by atoms with E-state index in [0.717, 1.165) is 5.56 Å². The number of ether oxygens (including phenoxy) is 1. The van der Waals surface area contributed by atoms with Gasteiger partial charge in [-0.25, -0.2) is 0 Å². The van der Waals surface area contributed by atoms with E-state index < -0.39 is 0 Å². The Hall–Kier alpha value is -2.36. The number of pyridine rings is 1. The van der Waals surface area contributed by atoms with Crippen LogP contribution in [0.5, 0.6) is 5.75 Å². The van der Waals surface area contributed by atoms with Crippen LogP contribution in [0.1, 0.15) is 15.9 Å². The number of methoxy groups -OCH3 is 1. The Kier molecular flexibility index (Phi) is 3.57. The highest BCUT2D eigenvalue weighted by atomic mass is 16.5. The van der Waals surface area contributed by atoms with E-state index in [0.29, 0.717) is 23.4 Å². The largest absolute Gasteiger partial charge is 0.495 e. The number of carbonyl (C=O) groups excluding carboxylic acids is 1. The number of aromatic nitrogens is 1. The van der Waals surface area contributed by atoms with Gasteiger partial charge in [0.2, 0.25) is 0 Å². The summed E-state index contributed by atoms with van der Waals surface area (Å²) < 4.78 is 5.04. The Labute approximate surface area is 105 Å². The quantitative estimate of drug-likeness (QED) is 0.658. The average Bonchev–Trinajstić information content (AvgIpc) is 2.39. The van der Waals surface area contributed by atoms with E-state index in [1.54, 1.807) is 31.5 Å². The van der Waals surface area contributed by atoms with Gasteiger partial charge in [0.1, 0.15) is 5.75 Å². The first-order valence-electron chi connectivity index (χ1n) is 5.55. The van der Waals surface area contributed by atoms with Gasteiger partial charge in [-0.2, -0.15) is 0 Å². The second kappa shape index (κ2) is 5.31. The summed E-state index contributed by atoms with van der Waals surface area (Å²) in [5, 5.41) is 0. The van der Waals surface area contributed by atoms with E-state index in [1.807, 2.05) is 12.1 Å². The van der Waals surface area contributed by atoms with E-state index in [4.69, 9.17) is 10.5 Å². The maximum absolute atomic E-state index is 12.1. The Balaban J connectivity index is 2.16. The van der Waals surface area contributed by atoms with Crippen LogP contribution in [-0.2, 0) is 6.42 Å². The lowest BCUT2D eigenvalue weighted by Crippen LogP contribution is -2.04. The zero-order chi connectivity index (χ0) is 13.0. The molecule has 0 aliphatic carbocycles. The molecule has 0 unspecified atom stereocenters. The van der Waals surface area contributed by atoms with Crippen molar-refractivity contribution in [2.45, 2.75) is 6.42 Å². The van der Waals surface area contributed by atoms with Crippen molar-refractivity contribution in [1.29, 1.82) is 0 Å². The third-order valence-electron chi connectivity index (χ3n) is 2.59. The van der Waals surface area contributed by atoms with Gasteiger partial charge in [-0.05, 0) is 23.8 Å². The van der Waals surface area contributed by atoms with Crippen LogP contribution in [0.3, 0.4) is 0 Å². The predicted octanol–water partition coefficient (Wildman–Crippen LogP) is 2.10. The van der Waals surface area contributed by atoms with E-state index in [9.17, 15) is 4.79 Å². The van der Waals surface area contributed by atoms with Crippen molar-refractivity contribution in [2.75, 3.05) is 12.8 Å². The zero-order valence-corrected chi connectivity index (χ0v) is 10.1. The molecule has 2 aromatic rings. The van der Waals surface area contributed by atoms with Gasteiger partial charge in [0.15, 0.2) is 5.78 Å². The summed E-state index contributed by atoms with van der Waals surface area (Å²) in [5.41, 5.74) is 7.76. The Morgan fingerprint density at radius 2 is 2.17 bits per heavy atom. The summed E-state index contributed by atoms with van der Waals surface area (Å²) >= 11 is 0. The molecule has 0 bridgehead atoms. The topological polar surface area (TPSA) is 65.2 Å². The molecule has 0 aliphatic rings. The fraction of sp³-hybridized carbons (Fsp3) is 0.143. The van der Waals surface area contributed by atoms with Gasteiger partial charge in [0.25, 0.3) is 0 Å². The molecule has 0 radical (unpaired) electrons. The Bertz CT molecular complexity index is 567. The van der Waals surface area contributed by atoms with Gasteiger partial charge >= 0.3 is 0 Å². The fourth-order valence-electron chi connectivity index (χ4n) is 1.67. The molecule has 1 aromatic carbocycles.